The van der Waals surface area contributed by atoms with Crippen LogP contribution in [0.1, 0.15) is 179 Å². The quantitative estimate of drug-likeness (QED) is 0.137. The highest BCUT2D eigenvalue weighted by Crippen LogP contribution is 2.48. The third-order valence-corrected chi connectivity index (χ3v) is 16.4. The molecular weight excluding hydrogens is 899 g/mol. The Morgan fingerprint density at radius 2 is 1.09 bits per heavy atom. The SMILES string of the molecule is CC(C)(C)CC(=O)N1CCC(c2nc(-c3cc(C(C)(C)C)nc(C4(C)CC4)n3)cs2)CC1.CC(C)(C)c1cc(-c2csc(C3CCN(C(=O)Cn4cnc5cccnc54)CC3)n2)nc(C2(C)CC2)n1. The van der Waals surface area contributed by atoms with Gasteiger partial charge in [0.25, 0.3) is 0 Å². The summed E-state index contributed by atoms with van der Waals surface area (Å²) in [6, 6.07) is 8.01. The first kappa shape index (κ1) is 49.0. The van der Waals surface area contributed by atoms with Gasteiger partial charge in [0, 0.05) is 83.1 Å². The molecule has 0 radical (unpaired) electrons. The van der Waals surface area contributed by atoms with Gasteiger partial charge >= 0.3 is 0 Å². The van der Waals surface area contributed by atoms with Crippen LogP contribution in [0, 0.1) is 5.41 Å². The summed E-state index contributed by atoms with van der Waals surface area (Å²) in [7, 11) is 0. The summed E-state index contributed by atoms with van der Waals surface area (Å²) in [6.45, 7) is 27.5. The van der Waals surface area contributed by atoms with Crippen LogP contribution in [0.15, 0.2) is 47.5 Å². The molecule has 4 aliphatic rings. The van der Waals surface area contributed by atoms with E-state index >= 15 is 0 Å². The standard InChI is InChI=1S/C28H33N7OS.C26H38N4OS/c1-27(2,3)22-14-20(32-26(33-22)28(4)9-10-28)21-16-37-25(31-21)18-7-12-34(13-8-18)23(36)15-35-17-30-19-6-5-11-29-24(19)35;1-24(2,3)15-21(31)30-12-8-17(9-13-30)22-27-19(16-32-22)18-14-20(25(4,5)6)29-23(28-18)26(7)10-11-26/h5-6,11,14,16-18H,7-10,12-13,15H2,1-4H3;14,16-17H,8-13,15H2,1-7H3. The van der Waals surface area contributed by atoms with Crippen molar-refractivity contribution in [2.75, 3.05) is 26.2 Å². The minimum atomic E-state index is -0.0467. The Balaban J connectivity index is 0.000000174. The molecule has 0 unspecified atom stereocenters. The van der Waals surface area contributed by atoms with E-state index in [9.17, 15) is 9.59 Å². The molecule has 0 atom stereocenters. The summed E-state index contributed by atoms with van der Waals surface area (Å²) in [4.78, 5) is 68.2. The number of hydrogen-bond acceptors (Lipinski definition) is 12. The first-order chi connectivity index (χ1) is 32.5. The summed E-state index contributed by atoms with van der Waals surface area (Å²) < 4.78 is 1.83. The number of carbonyl (C=O) groups is 2. The smallest absolute Gasteiger partial charge is 0.242 e. The van der Waals surface area contributed by atoms with Gasteiger partial charge in [0.05, 0.1) is 50.5 Å². The second kappa shape index (κ2) is 18.6. The molecule has 6 aromatic heterocycles. The van der Waals surface area contributed by atoms with Crippen molar-refractivity contribution in [3.63, 3.8) is 0 Å². The third kappa shape index (κ3) is 11.3. The van der Waals surface area contributed by atoms with Gasteiger partial charge in [0.15, 0.2) is 5.65 Å². The Bertz CT molecular complexity index is 2770. The van der Waals surface area contributed by atoms with E-state index in [1.54, 1.807) is 35.2 Å². The average molecular weight is 970 g/mol. The van der Waals surface area contributed by atoms with Crippen LogP contribution >= 0.6 is 22.7 Å². The van der Waals surface area contributed by atoms with E-state index in [4.69, 9.17) is 29.9 Å². The maximum absolute atomic E-state index is 13.0. The van der Waals surface area contributed by atoms with E-state index in [-0.39, 0.29) is 45.4 Å². The second-order valence-corrected chi connectivity index (χ2v) is 25.7. The van der Waals surface area contributed by atoms with Crippen LogP contribution in [0.3, 0.4) is 0 Å². The number of rotatable bonds is 9. The van der Waals surface area contributed by atoms with Crippen molar-refractivity contribution in [1.82, 2.24) is 54.2 Å². The number of hydrogen-bond donors (Lipinski definition) is 0. The van der Waals surface area contributed by atoms with Crippen LogP contribution in [0.25, 0.3) is 33.9 Å². The number of amides is 2. The molecule has 0 N–H and O–H groups in total. The van der Waals surface area contributed by atoms with Crippen molar-refractivity contribution in [2.45, 2.75) is 174 Å². The fourth-order valence-corrected chi connectivity index (χ4v) is 11.0. The monoisotopic (exact) mass is 970 g/mol. The Morgan fingerprint density at radius 3 is 1.52 bits per heavy atom. The highest BCUT2D eigenvalue weighted by molar-refractivity contribution is 7.10. The predicted molar refractivity (Wildman–Crippen MR) is 276 cm³/mol. The Kier molecular flexibility index (Phi) is 13.2. The fraction of sp³-hybridized carbons (Fsp3) is 0.593. The molecule has 2 aliphatic heterocycles. The van der Waals surface area contributed by atoms with Gasteiger partial charge in [0.1, 0.15) is 23.7 Å². The molecule has 2 saturated carbocycles. The zero-order valence-corrected chi connectivity index (χ0v) is 44.4. The number of imidazole rings is 1. The van der Waals surface area contributed by atoms with Gasteiger partial charge in [-0.05, 0) is 81.0 Å². The number of aromatic nitrogens is 9. The molecule has 4 fully saturated rings. The van der Waals surface area contributed by atoms with Gasteiger partial charge in [-0.15, -0.1) is 22.7 Å². The molecule has 10 rings (SSSR count). The number of likely N-dealkylation sites (tertiary alicyclic amines) is 2. The van der Waals surface area contributed by atoms with Crippen LogP contribution in [-0.2, 0) is 37.8 Å². The van der Waals surface area contributed by atoms with Crippen molar-refractivity contribution >= 4 is 45.7 Å². The Morgan fingerprint density at radius 1 is 0.623 bits per heavy atom. The van der Waals surface area contributed by atoms with Gasteiger partial charge in [-0.1, -0.05) is 76.2 Å². The third-order valence-electron chi connectivity index (χ3n) is 14.4. The van der Waals surface area contributed by atoms with Crippen LogP contribution in [0.5, 0.6) is 0 Å². The topological polar surface area (TPSA) is 149 Å². The molecule has 366 valence electrons. The highest BCUT2D eigenvalue weighted by Gasteiger charge is 2.44. The second-order valence-electron chi connectivity index (χ2n) is 24.0. The van der Waals surface area contributed by atoms with Gasteiger partial charge in [-0.3, -0.25) is 9.59 Å². The number of piperidine rings is 2. The lowest BCUT2D eigenvalue weighted by molar-refractivity contribution is -0.134. The lowest BCUT2D eigenvalue weighted by atomic mass is 9.90. The van der Waals surface area contributed by atoms with Crippen molar-refractivity contribution < 1.29 is 9.59 Å². The Hall–Kier alpha value is -5.02. The van der Waals surface area contributed by atoms with E-state index in [1.807, 2.05) is 26.5 Å². The molecule has 69 heavy (non-hydrogen) atoms. The largest absolute Gasteiger partial charge is 0.343 e. The van der Waals surface area contributed by atoms with Gasteiger partial charge in [-0.25, -0.2) is 39.9 Å². The summed E-state index contributed by atoms with van der Waals surface area (Å²) in [6.07, 6.45) is 12.5. The van der Waals surface area contributed by atoms with E-state index in [0.29, 0.717) is 18.3 Å². The molecule has 0 bridgehead atoms. The number of thiazole rings is 2. The van der Waals surface area contributed by atoms with Crippen LogP contribution in [0.4, 0.5) is 0 Å². The summed E-state index contributed by atoms with van der Waals surface area (Å²) in [5.41, 5.74) is 7.71. The zero-order chi connectivity index (χ0) is 49.1. The molecule has 0 spiro atoms. The van der Waals surface area contributed by atoms with E-state index in [2.05, 4.69) is 109 Å². The maximum atomic E-state index is 13.0. The van der Waals surface area contributed by atoms with Crippen LogP contribution < -0.4 is 0 Å². The van der Waals surface area contributed by atoms with Gasteiger partial charge < -0.3 is 14.4 Å². The number of carbonyl (C=O) groups excluding carboxylic acids is 2. The summed E-state index contributed by atoms with van der Waals surface area (Å²) >= 11 is 3.45. The number of pyridine rings is 1. The van der Waals surface area contributed by atoms with Gasteiger partial charge in [0.2, 0.25) is 11.8 Å². The average Bonchev–Trinajstić information content (AvgIpc) is 3.98. The van der Waals surface area contributed by atoms with Crippen molar-refractivity contribution in [3.8, 4) is 22.8 Å². The van der Waals surface area contributed by atoms with Gasteiger partial charge in [-0.2, -0.15) is 0 Å². The van der Waals surface area contributed by atoms with Crippen molar-refractivity contribution in [2.24, 2.45) is 5.41 Å². The molecule has 13 nitrogen and oxygen atoms in total. The molecule has 2 aliphatic carbocycles. The zero-order valence-electron chi connectivity index (χ0n) is 42.7. The minimum absolute atomic E-state index is 0.0248. The summed E-state index contributed by atoms with van der Waals surface area (Å²) in [5.74, 6) is 3.12. The highest BCUT2D eigenvalue weighted by atomic mass is 32.1. The van der Waals surface area contributed by atoms with E-state index < -0.39 is 0 Å². The first-order valence-corrected chi connectivity index (χ1v) is 26.8. The van der Waals surface area contributed by atoms with E-state index in [0.717, 1.165) is 140 Å². The fourth-order valence-electron chi connectivity index (χ4n) is 9.05. The lowest BCUT2D eigenvalue weighted by Crippen LogP contribution is -2.39. The predicted octanol–water partition coefficient (Wildman–Crippen LogP) is 11.2. The number of nitrogens with zero attached hydrogens (tertiary/aromatic N) is 11. The molecule has 15 heteroatoms. The molecule has 2 amide bonds. The molecule has 2 saturated heterocycles. The molecule has 6 aromatic rings. The van der Waals surface area contributed by atoms with Crippen LogP contribution in [-0.4, -0.2) is 92.2 Å². The molecule has 8 heterocycles. The molecular formula is C54H71N11O2S2. The van der Waals surface area contributed by atoms with E-state index in [1.165, 1.54) is 5.01 Å². The lowest BCUT2D eigenvalue weighted by Gasteiger charge is -2.33. The maximum Gasteiger partial charge on any atom is 0.242 e. The normalized spacial score (nSPS) is 18.5. The Labute approximate surface area is 416 Å². The van der Waals surface area contributed by atoms with Crippen molar-refractivity contribution in [1.29, 1.82) is 0 Å². The van der Waals surface area contributed by atoms with Crippen molar-refractivity contribution in [3.05, 3.63) is 80.6 Å². The first-order valence-electron chi connectivity index (χ1n) is 25.1. The minimum Gasteiger partial charge on any atom is -0.343 e. The summed E-state index contributed by atoms with van der Waals surface area (Å²) in [5, 5.41) is 6.61. The number of fused-ring (bicyclic) bond motifs is 1. The van der Waals surface area contributed by atoms with Crippen LogP contribution in [0.2, 0.25) is 0 Å². The molecule has 0 aromatic carbocycles.